The van der Waals surface area contributed by atoms with Crippen LogP contribution in [0.5, 0.6) is 0 Å². The second kappa shape index (κ2) is 4.73. The van der Waals surface area contributed by atoms with Gasteiger partial charge in [-0.25, -0.2) is 4.79 Å². The minimum atomic E-state index is -0.879. The van der Waals surface area contributed by atoms with Crippen LogP contribution >= 0.6 is 0 Å². The maximum absolute atomic E-state index is 11.3. The number of nitrogens with zero attached hydrogens (tertiary/aromatic N) is 2. The summed E-state index contributed by atoms with van der Waals surface area (Å²) in [6.07, 6.45) is 2.53. The molecular weight excluding hydrogens is 204 g/mol. The smallest absolute Gasteiger partial charge is 0.407 e. The summed E-state index contributed by atoms with van der Waals surface area (Å²) in [5.41, 5.74) is -0.395. The molecule has 1 fully saturated rings. The van der Waals surface area contributed by atoms with Gasteiger partial charge in [0.25, 0.3) is 0 Å². The van der Waals surface area contributed by atoms with Crippen LogP contribution in [-0.2, 0) is 0 Å². The van der Waals surface area contributed by atoms with Crippen molar-refractivity contribution in [3.8, 4) is 6.07 Å². The Morgan fingerprint density at radius 3 is 2.50 bits per heavy atom. The van der Waals surface area contributed by atoms with E-state index < -0.39 is 11.6 Å². The topological polar surface area (TPSA) is 64.3 Å². The third kappa shape index (κ3) is 2.88. The Labute approximate surface area is 96.9 Å². The number of hydrogen-bond acceptors (Lipinski definition) is 2. The number of carbonyl (C=O) groups is 1. The predicted octanol–water partition coefficient (Wildman–Crippen LogP) is 2.85. The molecule has 1 N–H and O–H groups in total. The van der Waals surface area contributed by atoms with E-state index in [0.29, 0.717) is 6.42 Å². The van der Waals surface area contributed by atoms with E-state index in [9.17, 15) is 9.90 Å². The van der Waals surface area contributed by atoms with E-state index in [4.69, 9.17) is 5.26 Å². The zero-order valence-electron chi connectivity index (χ0n) is 10.2. The van der Waals surface area contributed by atoms with Crippen molar-refractivity contribution in [2.75, 3.05) is 0 Å². The monoisotopic (exact) mass is 224 g/mol. The lowest BCUT2D eigenvalue weighted by Crippen LogP contribution is -2.52. The van der Waals surface area contributed by atoms with Gasteiger partial charge < -0.3 is 10.0 Å². The highest BCUT2D eigenvalue weighted by Gasteiger charge is 2.36. The highest BCUT2D eigenvalue weighted by atomic mass is 16.4. The average molecular weight is 224 g/mol. The zero-order valence-corrected chi connectivity index (χ0v) is 10.2. The molecule has 0 bridgehead atoms. The van der Waals surface area contributed by atoms with Gasteiger partial charge in [0.05, 0.1) is 6.07 Å². The standard InChI is InChI=1S/C12H20N2O2/c1-12(2,3)14(11(15)16)10-6-4-5-9(7-10)8-13/h9-10H,4-7H2,1-3H3,(H,15,16). The van der Waals surface area contributed by atoms with Gasteiger partial charge in [-0.3, -0.25) is 0 Å². The summed E-state index contributed by atoms with van der Waals surface area (Å²) in [5, 5.41) is 18.2. The van der Waals surface area contributed by atoms with Gasteiger partial charge in [-0.2, -0.15) is 5.26 Å². The van der Waals surface area contributed by atoms with E-state index >= 15 is 0 Å². The fourth-order valence-corrected chi connectivity index (χ4v) is 2.51. The van der Waals surface area contributed by atoms with E-state index in [1.165, 1.54) is 4.90 Å². The first-order valence-electron chi connectivity index (χ1n) is 5.78. The fourth-order valence-electron chi connectivity index (χ4n) is 2.51. The van der Waals surface area contributed by atoms with E-state index in [-0.39, 0.29) is 12.0 Å². The summed E-state index contributed by atoms with van der Waals surface area (Å²) in [7, 11) is 0. The first kappa shape index (κ1) is 12.8. The number of amides is 1. The molecule has 1 amide bonds. The average Bonchev–Trinajstić information content (AvgIpc) is 2.15. The maximum atomic E-state index is 11.3. The maximum Gasteiger partial charge on any atom is 0.407 e. The molecule has 0 saturated heterocycles. The van der Waals surface area contributed by atoms with Gasteiger partial charge in [0, 0.05) is 17.5 Å². The van der Waals surface area contributed by atoms with Gasteiger partial charge in [-0.15, -0.1) is 0 Å². The quantitative estimate of drug-likeness (QED) is 0.744. The predicted molar refractivity (Wildman–Crippen MR) is 61.0 cm³/mol. The lowest BCUT2D eigenvalue weighted by atomic mass is 9.84. The summed E-state index contributed by atoms with van der Waals surface area (Å²) >= 11 is 0. The summed E-state index contributed by atoms with van der Waals surface area (Å²) in [6.45, 7) is 5.70. The third-order valence-corrected chi connectivity index (χ3v) is 3.12. The second-order valence-electron chi connectivity index (χ2n) is 5.47. The number of nitriles is 1. The van der Waals surface area contributed by atoms with Crippen molar-refractivity contribution in [1.29, 1.82) is 5.26 Å². The highest BCUT2D eigenvalue weighted by molar-refractivity contribution is 5.66. The van der Waals surface area contributed by atoms with E-state index in [0.717, 1.165) is 19.3 Å². The molecule has 2 unspecified atom stereocenters. The molecule has 0 radical (unpaired) electrons. The third-order valence-electron chi connectivity index (χ3n) is 3.12. The van der Waals surface area contributed by atoms with Crippen LogP contribution < -0.4 is 0 Å². The molecule has 0 aromatic heterocycles. The van der Waals surface area contributed by atoms with Crippen LogP contribution in [-0.4, -0.2) is 27.7 Å². The van der Waals surface area contributed by atoms with Crippen LogP contribution in [0.3, 0.4) is 0 Å². The van der Waals surface area contributed by atoms with Gasteiger partial charge in [0.1, 0.15) is 0 Å². The first-order valence-corrected chi connectivity index (χ1v) is 5.78. The normalized spacial score (nSPS) is 25.9. The van der Waals surface area contributed by atoms with Gasteiger partial charge in [-0.05, 0) is 40.0 Å². The Morgan fingerprint density at radius 1 is 1.44 bits per heavy atom. The Kier molecular flexibility index (Phi) is 3.79. The first-order chi connectivity index (χ1) is 7.36. The molecule has 1 aliphatic carbocycles. The zero-order chi connectivity index (χ0) is 12.3. The molecular formula is C12H20N2O2. The van der Waals surface area contributed by atoms with E-state index in [1.54, 1.807) is 0 Å². The molecule has 4 heteroatoms. The van der Waals surface area contributed by atoms with Crippen molar-refractivity contribution >= 4 is 6.09 Å². The van der Waals surface area contributed by atoms with Gasteiger partial charge in [-0.1, -0.05) is 6.42 Å². The van der Waals surface area contributed by atoms with Crippen LogP contribution in [0.2, 0.25) is 0 Å². The second-order valence-corrected chi connectivity index (χ2v) is 5.47. The number of carboxylic acid groups (broad SMARTS) is 1. The number of hydrogen-bond donors (Lipinski definition) is 1. The van der Waals surface area contributed by atoms with Gasteiger partial charge in [0.15, 0.2) is 0 Å². The van der Waals surface area contributed by atoms with Crippen LogP contribution in [0.4, 0.5) is 4.79 Å². The summed E-state index contributed by atoms with van der Waals surface area (Å²) in [4.78, 5) is 12.8. The summed E-state index contributed by atoms with van der Waals surface area (Å²) in [5.74, 6) is 0.0166. The van der Waals surface area contributed by atoms with Crippen molar-refractivity contribution in [3.05, 3.63) is 0 Å². The molecule has 0 aromatic carbocycles. The number of rotatable bonds is 1. The molecule has 1 rings (SSSR count). The molecule has 2 atom stereocenters. The Hall–Kier alpha value is -1.24. The van der Waals surface area contributed by atoms with Crippen molar-refractivity contribution in [2.24, 2.45) is 5.92 Å². The van der Waals surface area contributed by atoms with Crippen LogP contribution in [0.15, 0.2) is 0 Å². The largest absolute Gasteiger partial charge is 0.465 e. The van der Waals surface area contributed by atoms with Gasteiger partial charge in [0.2, 0.25) is 0 Å². The molecule has 0 heterocycles. The Morgan fingerprint density at radius 2 is 2.06 bits per heavy atom. The van der Waals surface area contributed by atoms with Crippen LogP contribution in [0, 0.1) is 17.2 Å². The lowest BCUT2D eigenvalue weighted by Gasteiger charge is -2.42. The Bertz CT molecular complexity index is 301. The van der Waals surface area contributed by atoms with Crippen LogP contribution in [0.25, 0.3) is 0 Å². The lowest BCUT2D eigenvalue weighted by molar-refractivity contribution is 0.0519. The van der Waals surface area contributed by atoms with E-state index in [1.807, 2.05) is 20.8 Å². The van der Waals surface area contributed by atoms with Crippen molar-refractivity contribution in [3.63, 3.8) is 0 Å². The summed E-state index contributed by atoms with van der Waals surface area (Å²) < 4.78 is 0. The molecule has 0 spiro atoms. The minimum Gasteiger partial charge on any atom is -0.465 e. The fraction of sp³-hybridized carbons (Fsp3) is 0.833. The van der Waals surface area contributed by atoms with E-state index in [2.05, 4.69) is 6.07 Å². The molecule has 16 heavy (non-hydrogen) atoms. The van der Waals surface area contributed by atoms with Crippen molar-refractivity contribution in [2.45, 2.75) is 58.0 Å². The SMILES string of the molecule is CC(C)(C)N(C(=O)O)C1CCCC(C#N)C1. The summed E-state index contributed by atoms with van der Waals surface area (Å²) in [6, 6.07) is 2.26. The van der Waals surface area contributed by atoms with Crippen molar-refractivity contribution in [1.82, 2.24) is 4.90 Å². The van der Waals surface area contributed by atoms with Crippen LogP contribution in [0.1, 0.15) is 46.5 Å². The van der Waals surface area contributed by atoms with Crippen molar-refractivity contribution < 1.29 is 9.90 Å². The Balaban J connectivity index is 2.80. The molecule has 90 valence electrons. The minimum absolute atomic E-state index is 0.00380. The highest BCUT2D eigenvalue weighted by Crippen LogP contribution is 2.31. The molecule has 1 aliphatic rings. The van der Waals surface area contributed by atoms with Gasteiger partial charge >= 0.3 is 6.09 Å². The molecule has 0 aromatic rings. The molecule has 1 saturated carbocycles. The molecule has 0 aliphatic heterocycles. The molecule has 4 nitrogen and oxygen atoms in total.